The Morgan fingerprint density at radius 2 is 2.12 bits per heavy atom. The van der Waals surface area contributed by atoms with Crippen molar-refractivity contribution in [3.05, 3.63) is 0 Å². The van der Waals surface area contributed by atoms with Gasteiger partial charge in [0.2, 0.25) is 0 Å². The molecule has 0 amide bonds. The Labute approximate surface area is 104 Å². The molecule has 0 bridgehead atoms. The van der Waals surface area contributed by atoms with Gasteiger partial charge in [-0.25, -0.2) is 14.6 Å². The van der Waals surface area contributed by atoms with E-state index in [2.05, 4.69) is 9.97 Å². The fourth-order valence-corrected chi connectivity index (χ4v) is 4.04. The van der Waals surface area contributed by atoms with Gasteiger partial charge in [0.15, 0.2) is 6.23 Å². The van der Waals surface area contributed by atoms with Gasteiger partial charge in [-0.15, -0.1) is 23.2 Å². The van der Waals surface area contributed by atoms with Crippen molar-refractivity contribution in [1.82, 2.24) is 9.76 Å². The molecule has 0 saturated carbocycles. The minimum atomic E-state index is -3.20. The van der Waals surface area contributed by atoms with Gasteiger partial charge in [0, 0.05) is 31.3 Å². The van der Waals surface area contributed by atoms with E-state index in [1.165, 1.54) is 4.67 Å². The number of rotatable bonds is 6. The van der Waals surface area contributed by atoms with Gasteiger partial charge in [0.25, 0.3) is 0 Å². The third-order valence-electron chi connectivity index (χ3n) is 2.14. The van der Waals surface area contributed by atoms with Crippen molar-refractivity contribution < 1.29 is 19.2 Å². The predicted molar refractivity (Wildman–Crippen MR) is 61.8 cm³/mol. The maximum absolute atomic E-state index is 12.4. The first-order valence-electron chi connectivity index (χ1n) is 4.86. The van der Waals surface area contributed by atoms with E-state index >= 15 is 0 Å². The van der Waals surface area contributed by atoms with Gasteiger partial charge in [-0.3, -0.25) is 9.82 Å². The molecule has 1 aliphatic heterocycles. The number of halogens is 2. The molecule has 1 heterocycles. The molecule has 0 aromatic rings. The van der Waals surface area contributed by atoms with Gasteiger partial charge in [-0.05, 0) is 0 Å². The summed E-state index contributed by atoms with van der Waals surface area (Å²) in [5, 5.41) is 11.2. The minimum Gasteiger partial charge on any atom is -0.306 e. The summed E-state index contributed by atoms with van der Waals surface area (Å²) in [5.41, 5.74) is 0. The second-order valence-electron chi connectivity index (χ2n) is 3.20. The normalized spacial score (nSPS) is 30.9. The van der Waals surface area contributed by atoms with Crippen molar-refractivity contribution in [1.29, 1.82) is 0 Å². The second-order valence-corrected chi connectivity index (χ2v) is 6.08. The van der Waals surface area contributed by atoms with Gasteiger partial charge in [-0.2, -0.15) is 0 Å². The van der Waals surface area contributed by atoms with E-state index < -0.39 is 13.9 Å². The summed E-state index contributed by atoms with van der Waals surface area (Å²) in [6, 6.07) is 0. The highest BCUT2D eigenvalue weighted by atomic mass is 35.5. The molecule has 16 heavy (non-hydrogen) atoms. The number of hydrogen-bond acceptors (Lipinski definition) is 4. The molecule has 1 fully saturated rings. The number of nitrogens with zero attached hydrogens (tertiary/aromatic N) is 1. The van der Waals surface area contributed by atoms with E-state index in [0.29, 0.717) is 31.3 Å². The first-order valence-corrected chi connectivity index (χ1v) is 7.51. The molecule has 1 saturated heterocycles. The largest absolute Gasteiger partial charge is 0.345 e. The van der Waals surface area contributed by atoms with Crippen molar-refractivity contribution in [2.75, 3.05) is 31.5 Å². The lowest BCUT2D eigenvalue weighted by Crippen LogP contribution is -2.42. The number of hydrogen-bond donors (Lipinski definition) is 2. The van der Waals surface area contributed by atoms with Gasteiger partial charge < -0.3 is 4.52 Å². The van der Waals surface area contributed by atoms with Crippen LogP contribution in [0.2, 0.25) is 0 Å². The van der Waals surface area contributed by atoms with Crippen LogP contribution in [0, 0.1) is 0 Å². The number of alkyl halides is 2. The Kier molecular flexibility index (Phi) is 6.54. The minimum absolute atomic E-state index is 0.247. The first kappa shape index (κ1) is 14.7. The molecule has 2 N–H and O–H groups in total. The highest BCUT2D eigenvalue weighted by Crippen LogP contribution is 2.49. The van der Waals surface area contributed by atoms with Crippen LogP contribution in [-0.4, -0.2) is 47.6 Å². The van der Waals surface area contributed by atoms with Crippen LogP contribution in [0.1, 0.15) is 6.42 Å². The Bertz CT molecular complexity index is 253. The first-order chi connectivity index (χ1) is 7.66. The standard InChI is InChI=1S/C7H15Cl2N2O4P/c8-2-4-11(5-3-9)16(13)10-7(15-12)1-6-14-16/h7,12H,1-6H2,(H,10,13)/t7-,16+/m1/s1. The molecule has 96 valence electrons. The van der Waals surface area contributed by atoms with E-state index in [1.807, 2.05) is 0 Å². The topological polar surface area (TPSA) is 71.0 Å². The Morgan fingerprint density at radius 1 is 1.50 bits per heavy atom. The van der Waals surface area contributed by atoms with Crippen molar-refractivity contribution in [3.63, 3.8) is 0 Å². The van der Waals surface area contributed by atoms with E-state index in [0.717, 1.165) is 0 Å². The molecule has 2 atom stereocenters. The third kappa shape index (κ3) is 3.82. The quantitative estimate of drug-likeness (QED) is 0.336. The fourth-order valence-electron chi connectivity index (χ4n) is 1.38. The molecule has 0 aliphatic carbocycles. The maximum atomic E-state index is 12.4. The van der Waals surface area contributed by atoms with Crippen LogP contribution in [0.25, 0.3) is 0 Å². The van der Waals surface area contributed by atoms with Crippen LogP contribution in [0.3, 0.4) is 0 Å². The summed E-state index contributed by atoms with van der Waals surface area (Å²) < 4.78 is 19.1. The van der Waals surface area contributed by atoms with E-state index in [-0.39, 0.29) is 6.61 Å². The molecule has 9 heteroatoms. The van der Waals surface area contributed by atoms with Gasteiger partial charge in [0.05, 0.1) is 6.61 Å². The van der Waals surface area contributed by atoms with Gasteiger partial charge in [0.1, 0.15) is 0 Å². The van der Waals surface area contributed by atoms with Crippen LogP contribution in [-0.2, 0) is 14.0 Å². The molecule has 0 aromatic carbocycles. The lowest BCUT2D eigenvalue weighted by Gasteiger charge is -2.35. The third-order valence-corrected chi connectivity index (χ3v) is 4.77. The summed E-state index contributed by atoms with van der Waals surface area (Å²) in [4.78, 5) is 4.14. The van der Waals surface area contributed by atoms with E-state index in [1.54, 1.807) is 0 Å². The average Bonchev–Trinajstić information content (AvgIpc) is 2.29. The second kappa shape index (κ2) is 7.13. The average molecular weight is 293 g/mol. The zero-order chi connectivity index (χ0) is 12.0. The highest BCUT2D eigenvalue weighted by Gasteiger charge is 2.37. The lowest BCUT2D eigenvalue weighted by atomic mass is 10.4. The molecule has 0 radical (unpaired) electrons. The van der Waals surface area contributed by atoms with E-state index in [4.69, 9.17) is 33.0 Å². The van der Waals surface area contributed by atoms with Crippen molar-refractivity contribution in [3.8, 4) is 0 Å². The molecule has 0 unspecified atom stereocenters. The maximum Gasteiger partial charge on any atom is 0.345 e. The molecular formula is C7H15Cl2N2O4P. The van der Waals surface area contributed by atoms with Crippen molar-refractivity contribution in [2.45, 2.75) is 12.6 Å². The summed E-state index contributed by atoms with van der Waals surface area (Å²) in [6.07, 6.45) is -0.261. The molecule has 1 rings (SSSR count). The fraction of sp³-hybridized carbons (Fsp3) is 1.00. The van der Waals surface area contributed by atoms with Gasteiger partial charge in [-0.1, -0.05) is 0 Å². The zero-order valence-corrected chi connectivity index (χ0v) is 11.0. The van der Waals surface area contributed by atoms with Crippen LogP contribution in [0.15, 0.2) is 0 Å². The molecular weight excluding hydrogens is 278 g/mol. The lowest BCUT2D eigenvalue weighted by molar-refractivity contribution is -0.286. The van der Waals surface area contributed by atoms with Crippen molar-refractivity contribution in [2.24, 2.45) is 0 Å². The van der Waals surface area contributed by atoms with Crippen LogP contribution in [0.5, 0.6) is 0 Å². The summed E-state index contributed by atoms with van der Waals surface area (Å²) in [7, 11) is -3.20. The monoisotopic (exact) mass is 292 g/mol. The summed E-state index contributed by atoms with van der Waals surface area (Å²) in [5.74, 6) is 0.632. The Hall–Kier alpha value is 0.610. The highest BCUT2D eigenvalue weighted by molar-refractivity contribution is 7.54. The van der Waals surface area contributed by atoms with Gasteiger partial charge >= 0.3 is 7.67 Å². The van der Waals surface area contributed by atoms with Crippen molar-refractivity contribution >= 4 is 30.9 Å². The SMILES string of the molecule is O=[P@@]1(N(CCCl)CCCl)N[C@H](OO)CCO1. The molecule has 1 aliphatic rings. The smallest absolute Gasteiger partial charge is 0.306 e. The summed E-state index contributed by atoms with van der Waals surface area (Å²) in [6.45, 7) is 1.02. The van der Waals surface area contributed by atoms with Crippen LogP contribution in [0.4, 0.5) is 0 Å². The molecule has 0 spiro atoms. The van der Waals surface area contributed by atoms with Crippen LogP contribution < -0.4 is 5.09 Å². The zero-order valence-electron chi connectivity index (χ0n) is 8.64. The Morgan fingerprint density at radius 3 is 2.62 bits per heavy atom. The number of nitrogens with one attached hydrogen (secondary N) is 1. The summed E-state index contributed by atoms with van der Waals surface area (Å²) >= 11 is 11.2. The molecule has 0 aromatic heterocycles. The Balaban J connectivity index is 2.67. The van der Waals surface area contributed by atoms with E-state index in [9.17, 15) is 4.57 Å². The predicted octanol–water partition coefficient (Wildman–Crippen LogP) is 1.70. The van der Waals surface area contributed by atoms with Crippen LogP contribution >= 0.6 is 30.9 Å². The molecule has 6 nitrogen and oxygen atoms in total.